The summed E-state index contributed by atoms with van der Waals surface area (Å²) in [6.45, 7) is 2.42. The largest absolute Gasteiger partial charge is 0.382 e. The molecule has 0 saturated carbocycles. The Labute approximate surface area is 148 Å². The monoisotopic (exact) mass is 360 g/mol. The summed E-state index contributed by atoms with van der Waals surface area (Å²) in [5, 5.41) is 3.21. The third kappa shape index (κ3) is 5.70. The van der Waals surface area contributed by atoms with Crippen LogP contribution in [0.25, 0.3) is 0 Å². The highest BCUT2D eigenvalue weighted by molar-refractivity contribution is 5.94. The molecule has 1 atom stereocenters. The topological polar surface area (TPSA) is 50.8 Å². The maximum atomic E-state index is 13.9. The van der Waals surface area contributed by atoms with E-state index in [9.17, 15) is 9.18 Å². The van der Waals surface area contributed by atoms with Crippen molar-refractivity contribution in [3.63, 3.8) is 0 Å². The average Bonchev–Trinajstić information content (AvgIpc) is 2.59. The SMILES string of the molecule is CNC1CCCN(C(=O)c2ccc(F)c(COCCOC)c2)C1.Cl. The van der Waals surface area contributed by atoms with E-state index in [1.54, 1.807) is 19.2 Å². The van der Waals surface area contributed by atoms with Crippen LogP contribution in [0, 0.1) is 5.82 Å². The summed E-state index contributed by atoms with van der Waals surface area (Å²) in [5.41, 5.74) is 0.905. The Hall–Kier alpha value is -1.21. The molecule has 136 valence electrons. The maximum Gasteiger partial charge on any atom is 0.253 e. The van der Waals surface area contributed by atoms with Gasteiger partial charge in [-0.15, -0.1) is 12.4 Å². The number of rotatable bonds is 7. The number of nitrogens with zero attached hydrogens (tertiary/aromatic N) is 1. The van der Waals surface area contributed by atoms with Crippen LogP contribution in [-0.4, -0.2) is 57.3 Å². The van der Waals surface area contributed by atoms with Crippen molar-refractivity contribution in [1.29, 1.82) is 0 Å². The number of ether oxygens (including phenoxy) is 2. The molecule has 1 unspecified atom stereocenters. The van der Waals surface area contributed by atoms with Crippen LogP contribution in [0.1, 0.15) is 28.8 Å². The minimum Gasteiger partial charge on any atom is -0.382 e. The molecule has 1 fully saturated rings. The van der Waals surface area contributed by atoms with Gasteiger partial charge in [-0.2, -0.15) is 0 Å². The van der Waals surface area contributed by atoms with E-state index in [1.165, 1.54) is 6.07 Å². The summed E-state index contributed by atoms with van der Waals surface area (Å²) >= 11 is 0. The molecule has 1 aromatic rings. The number of halogens is 2. The zero-order valence-corrected chi connectivity index (χ0v) is 15.0. The first-order valence-electron chi connectivity index (χ1n) is 7.97. The van der Waals surface area contributed by atoms with Crippen LogP contribution in [0.5, 0.6) is 0 Å². The van der Waals surface area contributed by atoms with Crippen molar-refractivity contribution in [1.82, 2.24) is 10.2 Å². The van der Waals surface area contributed by atoms with Crippen LogP contribution in [0.4, 0.5) is 4.39 Å². The molecular weight excluding hydrogens is 335 g/mol. The van der Waals surface area contributed by atoms with Gasteiger partial charge in [0.05, 0.1) is 19.8 Å². The Balaban J connectivity index is 0.00000288. The van der Waals surface area contributed by atoms with E-state index >= 15 is 0 Å². The summed E-state index contributed by atoms with van der Waals surface area (Å²) in [4.78, 5) is 14.4. The van der Waals surface area contributed by atoms with Gasteiger partial charge in [0.25, 0.3) is 5.91 Å². The number of carbonyl (C=O) groups is 1. The Morgan fingerprint density at radius 3 is 2.92 bits per heavy atom. The standard InChI is InChI=1S/C17H25FN2O3.ClH/c1-19-15-4-3-7-20(11-15)17(21)13-5-6-16(18)14(10-13)12-23-9-8-22-2;/h5-6,10,15,19H,3-4,7-9,11-12H2,1-2H3;1H. The fourth-order valence-electron chi connectivity index (χ4n) is 2.72. The van der Waals surface area contributed by atoms with Crippen molar-refractivity contribution in [2.45, 2.75) is 25.5 Å². The van der Waals surface area contributed by atoms with Gasteiger partial charge in [0.2, 0.25) is 0 Å². The summed E-state index contributed by atoms with van der Waals surface area (Å²) in [6.07, 6.45) is 2.05. The fourth-order valence-corrected chi connectivity index (χ4v) is 2.72. The number of hydrogen-bond donors (Lipinski definition) is 1. The second-order valence-electron chi connectivity index (χ2n) is 5.73. The van der Waals surface area contributed by atoms with Gasteiger partial charge in [-0.3, -0.25) is 4.79 Å². The van der Waals surface area contributed by atoms with E-state index in [-0.39, 0.29) is 30.7 Å². The van der Waals surface area contributed by atoms with Crippen LogP contribution in [0.3, 0.4) is 0 Å². The molecule has 0 bridgehead atoms. The first-order chi connectivity index (χ1) is 11.2. The van der Waals surface area contributed by atoms with Gasteiger partial charge in [-0.1, -0.05) is 0 Å². The third-order valence-corrected chi connectivity index (χ3v) is 4.10. The van der Waals surface area contributed by atoms with E-state index in [2.05, 4.69) is 5.32 Å². The van der Waals surface area contributed by atoms with Crippen LogP contribution < -0.4 is 5.32 Å². The molecule has 5 nitrogen and oxygen atoms in total. The van der Waals surface area contributed by atoms with Crippen molar-refractivity contribution < 1.29 is 18.7 Å². The lowest BCUT2D eigenvalue weighted by Gasteiger charge is -2.32. The normalized spacial score (nSPS) is 17.5. The smallest absolute Gasteiger partial charge is 0.253 e. The third-order valence-electron chi connectivity index (χ3n) is 4.10. The number of nitrogens with one attached hydrogen (secondary N) is 1. The molecule has 0 aromatic heterocycles. The predicted molar refractivity (Wildman–Crippen MR) is 93.2 cm³/mol. The molecule has 0 spiro atoms. The summed E-state index contributed by atoms with van der Waals surface area (Å²) in [6, 6.07) is 4.79. The Bertz CT molecular complexity index is 531. The van der Waals surface area contributed by atoms with E-state index in [4.69, 9.17) is 9.47 Å². The highest BCUT2D eigenvalue weighted by Crippen LogP contribution is 2.17. The molecule has 1 saturated heterocycles. The van der Waals surface area contributed by atoms with Gasteiger partial charge < -0.3 is 19.7 Å². The zero-order chi connectivity index (χ0) is 16.7. The highest BCUT2D eigenvalue weighted by atomic mass is 35.5. The Morgan fingerprint density at radius 2 is 2.21 bits per heavy atom. The van der Waals surface area contributed by atoms with E-state index in [0.29, 0.717) is 36.9 Å². The molecule has 1 amide bonds. The quantitative estimate of drug-likeness (QED) is 0.758. The van der Waals surface area contributed by atoms with E-state index in [1.807, 2.05) is 11.9 Å². The first kappa shape index (κ1) is 20.8. The second kappa shape index (κ2) is 10.6. The molecule has 2 rings (SSSR count). The lowest BCUT2D eigenvalue weighted by Crippen LogP contribution is -2.47. The molecule has 1 aliphatic heterocycles. The Kier molecular flexibility index (Phi) is 9.21. The predicted octanol–water partition coefficient (Wildman–Crippen LogP) is 2.23. The number of carbonyl (C=O) groups excluding carboxylic acids is 1. The van der Waals surface area contributed by atoms with Crippen molar-refractivity contribution in [2.75, 3.05) is 40.5 Å². The van der Waals surface area contributed by atoms with Gasteiger partial charge in [0.15, 0.2) is 0 Å². The van der Waals surface area contributed by atoms with Gasteiger partial charge in [-0.05, 0) is 38.1 Å². The number of amides is 1. The molecular formula is C17H26ClFN2O3. The lowest BCUT2D eigenvalue weighted by molar-refractivity contribution is 0.0602. The van der Waals surface area contributed by atoms with Crippen LogP contribution in [0.2, 0.25) is 0 Å². The number of methoxy groups -OCH3 is 1. The summed E-state index contributed by atoms with van der Waals surface area (Å²) in [5.74, 6) is -0.409. The number of piperidine rings is 1. The lowest BCUT2D eigenvalue weighted by atomic mass is 10.0. The number of benzene rings is 1. The van der Waals surface area contributed by atoms with Crippen LogP contribution >= 0.6 is 12.4 Å². The minimum atomic E-state index is -0.356. The van der Waals surface area contributed by atoms with Crippen molar-refractivity contribution in [3.05, 3.63) is 35.1 Å². The maximum absolute atomic E-state index is 13.9. The van der Waals surface area contributed by atoms with Gasteiger partial charge in [-0.25, -0.2) is 4.39 Å². The number of likely N-dealkylation sites (N-methyl/N-ethyl adjacent to an activating group) is 1. The second-order valence-corrected chi connectivity index (χ2v) is 5.73. The molecule has 1 aromatic carbocycles. The molecule has 24 heavy (non-hydrogen) atoms. The van der Waals surface area contributed by atoms with Crippen LogP contribution in [-0.2, 0) is 16.1 Å². The van der Waals surface area contributed by atoms with Crippen molar-refractivity contribution in [3.8, 4) is 0 Å². The molecule has 7 heteroatoms. The Morgan fingerprint density at radius 1 is 1.42 bits per heavy atom. The minimum absolute atomic E-state index is 0. The van der Waals surface area contributed by atoms with Crippen LogP contribution in [0.15, 0.2) is 18.2 Å². The first-order valence-corrected chi connectivity index (χ1v) is 7.97. The van der Waals surface area contributed by atoms with Gasteiger partial charge in [0.1, 0.15) is 5.82 Å². The summed E-state index contributed by atoms with van der Waals surface area (Å²) in [7, 11) is 3.49. The highest BCUT2D eigenvalue weighted by Gasteiger charge is 2.24. The fraction of sp³-hybridized carbons (Fsp3) is 0.588. The van der Waals surface area contributed by atoms with Crippen molar-refractivity contribution >= 4 is 18.3 Å². The van der Waals surface area contributed by atoms with Crippen molar-refractivity contribution in [2.24, 2.45) is 0 Å². The zero-order valence-electron chi connectivity index (χ0n) is 14.2. The molecule has 1 heterocycles. The molecule has 1 N–H and O–H groups in total. The van der Waals surface area contributed by atoms with E-state index in [0.717, 1.165) is 19.4 Å². The molecule has 0 radical (unpaired) electrons. The average molecular weight is 361 g/mol. The molecule has 0 aliphatic carbocycles. The number of likely N-dealkylation sites (tertiary alicyclic amines) is 1. The molecule has 1 aliphatic rings. The summed E-state index contributed by atoms with van der Waals surface area (Å²) < 4.78 is 24.1. The van der Waals surface area contributed by atoms with E-state index < -0.39 is 0 Å². The number of hydrogen-bond acceptors (Lipinski definition) is 4. The van der Waals surface area contributed by atoms with Gasteiger partial charge in [0, 0.05) is 37.4 Å². The van der Waals surface area contributed by atoms with Gasteiger partial charge >= 0.3 is 0 Å².